The second-order valence-corrected chi connectivity index (χ2v) is 5.66. The van der Waals surface area contributed by atoms with E-state index in [1.165, 1.54) is 0 Å². The van der Waals surface area contributed by atoms with E-state index < -0.39 is 12.1 Å². The fourth-order valence-electron chi connectivity index (χ4n) is 2.35. The number of nitrogens with one attached hydrogen (secondary N) is 1. The maximum absolute atomic E-state index is 12.5. The van der Waals surface area contributed by atoms with Crippen LogP contribution >= 0.6 is 15.9 Å². The largest absolute Gasteiger partial charge is 0.391 e. The van der Waals surface area contributed by atoms with Gasteiger partial charge in [-0.25, -0.2) is 0 Å². The third-order valence-electron chi connectivity index (χ3n) is 3.41. The van der Waals surface area contributed by atoms with Crippen molar-refractivity contribution in [2.24, 2.45) is 5.92 Å². The van der Waals surface area contributed by atoms with E-state index in [9.17, 15) is 13.2 Å². The van der Waals surface area contributed by atoms with Gasteiger partial charge in [0.05, 0.1) is 5.92 Å². The molecule has 0 unspecified atom stereocenters. The van der Waals surface area contributed by atoms with E-state index in [1.54, 1.807) is 0 Å². The summed E-state index contributed by atoms with van der Waals surface area (Å²) in [4.78, 5) is 0. The molecule has 0 aliphatic heterocycles. The van der Waals surface area contributed by atoms with Gasteiger partial charge in [0.2, 0.25) is 0 Å². The minimum absolute atomic E-state index is 0.157. The van der Waals surface area contributed by atoms with Gasteiger partial charge in [-0.1, -0.05) is 15.9 Å². The van der Waals surface area contributed by atoms with Gasteiger partial charge in [-0.05, 0) is 49.9 Å². The molecule has 0 spiro atoms. The molecule has 1 N–H and O–H groups in total. The Morgan fingerprint density at radius 1 is 1.00 bits per heavy atom. The Hall–Kier alpha value is -0.710. The van der Waals surface area contributed by atoms with Crippen molar-refractivity contribution in [2.75, 3.05) is 5.32 Å². The number of hydrogen-bond donors (Lipinski definition) is 1. The maximum atomic E-state index is 12.5. The van der Waals surface area contributed by atoms with Crippen LogP contribution in [0.2, 0.25) is 0 Å². The van der Waals surface area contributed by atoms with Crippen LogP contribution in [0.1, 0.15) is 25.7 Å². The van der Waals surface area contributed by atoms with Crippen LogP contribution in [0, 0.1) is 5.92 Å². The zero-order chi connectivity index (χ0) is 13.2. The first-order valence-electron chi connectivity index (χ1n) is 6.04. The Labute approximate surface area is 113 Å². The molecule has 1 aromatic rings. The molecule has 0 saturated heterocycles. The van der Waals surface area contributed by atoms with E-state index in [4.69, 9.17) is 0 Å². The predicted octanol–water partition coefficient (Wildman–Crippen LogP) is 4.98. The maximum Gasteiger partial charge on any atom is 0.391 e. The van der Waals surface area contributed by atoms with Crippen LogP contribution in [-0.2, 0) is 0 Å². The zero-order valence-electron chi connectivity index (χ0n) is 9.80. The average molecular weight is 322 g/mol. The van der Waals surface area contributed by atoms with Crippen LogP contribution < -0.4 is 5.32 Å². The van der Waals surface area contributed by atoms with Crippen LogP contribution in [0.25, 0.3) is 0 Å². The van der Waals surface area contributed by atoms with Crippen molar-refractivity contribution in [2.45, 2.75) is 37.9 Å². The molecule has 0 heterocycles. The lowest BCUT2D eigenvalue weighted by atomic mass is 9.85. The standard InChI is InChI=1S/C13H15BrF3N/c14-10-3-7-12(8-4-10)18-11-5-1-9(2-6-11)13(15,16)17/h3-4,7-9,11,18H,1-2,5-6H2. The number of halogens is 4. The lowest BCUT2D eigenvalue weighted by Gasteiger charge is -2.30. The molecular weight excluding hydrogens is 307 g/mol. The van der Waals surface area contributed by atoms with Crippen molar-refractivity contribution in [3.63, 3.8) is 0 Å². The fraction of sp³-hybridized carbons (Fsp3) is 0.538. The first-order valence-corrected chi connectivity index (χ1v) is 6.83. The first-order chi connectivity index (χ1) is 8.45. The summed E-state index contributed by atoms with van der Waals surface area (Å²) in [5.74, 6) is -1.11. The van der Waals surface area contributed by atoms with Crippen molar-refractivity contribution < 1.29 is 13.2 Å². The van der Waals surface area contributed by atoms with Crippen LogP contribution in [0.3, 0.4) is 0 Å². The Balaban J connectivity index is 1.85. The highest BCUT2D eigenvalue weighted by Gasteiger charge is 2.41. The van der Waals surface area contributed by atoms with Gasteiger partial charge in [0.1, 0.15) is 0 Å². The van der Waals surface area contributed by atoms with Crippen molar-refractivity contribution in [1.82, 2.24) is 0 Å². The topological polar surface area (TPSA) is 12.0 Å². The van der Waals surface area contributed by atoms with Gasteiger partial charge in [-0.2, -0.15) is 13.2 Å². The highest BCUT2D eigenvalue weighted by molar-refractivity contribution is 9.10. The second kappa shape index (κ2) is 5.51. The highest BCUT2D eigenvalue weighted by atomic mass is 79.9. The van der Waals surface area contributed by atoms with E-state index >= 15 is 0 Å². The van der Waals surface area contributed by atoms with Crippen LogP contribution in [0.5, 0.6) is 0 Å². The van der Waals surface area contributed by atoms with Crippen LogP contribution in [0.4, 0.5) is 18.9 Å². The first kappa shape index (κ1) is 13.7. The van der Waals surface area contributed by atoms with E-state index in [1.807, 2.05) is 24.3 Å². The molecule has 1 aromatic carbocycles. The third kappa shape index (κ3) is 3.64. The number of rotatable bonds is 2. The summed E-state index contributed by atoms with van der Waals surface area (Å²) >= 11 is 3.35. The Morgan fingerprint density at radius 2 is 1.56 bits per heavy atom. The van der Waals surface area contributed by atoms with Crippen LogP contribution in [0.15, 0.2) is 28.7 Å². The monoisotopic (exact) mass is 321 g/mol. The fourth-order valence-corrected chi connectivity index (χ4v) is 2.61. The SMILES string of the molecule is FC(F)(F)C1CCC(Nc2ccc(Br)cc2)CC1. The smallest absolute Gasteiger partial charge is 0.382 e. The molecule has 1 nitrogen and oxygen atoms in total. The van der Waals surface area contributed by atoms with Gasteiger partial charge in [0, 0.05) is 16.2 Å². The van der Waals surface area contributed by atoms with E-state index in [0.717, 1.165) is 10.2 Å². The second-order valence-electron chi connectivity index (χ2n) is 4.74. The van der Waals surface area contributed by atoms with Gasteiger partial charge in [0.15, 0.2) is 0 Å². The molecule has 1 aliphatic carbocycles. The van der Waals surface area contributed by atoms with E-state index in [2.05, 4.69) is 21.2 Å². The molecule has 1 fully saturated rings. The molecular formula is C13H15BrF3N. The molecule has 1 saturated carbocycles. The molecule has 0 bridgehead atoms. The van der Waals surface area contributed by atoms with Crippen molar-refractivity contribution >= 4 is 21.6 Å². The molecule has 18 heavy (non-hydrogen) atoms. The average Bonchev–Trinajstić information content (AvgIpc) is 2.32. The van der Waals surface area contributed by atoms with E-state index in [0.29, 0.717) is 12.8 Å². The molecule has 0 amide bonds. The molecule has 0 atom stereocenters. The predicted molar refractivity (Wildman–Crippen MR) is 69.6 cm³/mol. The zero-order valence-corrected chi connectivity index (χ0v) is 11.4. The number of hydrogen-bond acceptors (Lipinski definition) is 1. The molecule has 2 rings (SSSR count). The van der Waals surface area contributed by atoms with Crippen molar-refractivity contribution in [1.29, 1.82) is 0 Å². The van der Waals surface area contributed by atoms with Gasteiger partial charge in [0.25, 0.3) is 0 Å². The van der Waals surface area contributed by atoms with Gasteiger partial charge < -0.3 is 5.32 Å². The Kier molecular flexibility index (Phi) is 4.20. The molecule has 5 heteroatoms. The number of anilines is 1. The summed E-state index contributed by atoms with van der Waals surface area (Å²) in [5, 5.41) is 3.29. The molecule has 1 aliphatic rings. The summed E-state index contributed by atoms with van der Waals surface area (Å²) in [5.41, 5.74) is 0.966. The van der Waals surface area contributed by atoms with Gasteiger partial charge >= 0.3 is 6.18 Å². The highest BCUT2D eigenvalue weighted by Crippen LogP contribution is 2.38. The summed E-state index contributed by atoms with van der Waals surface area (Å²) in [6.45, 7) is 0. The number of benzene rings is 1. The minimum Gasteiger partial charge on any atom is -0.382 e. The Morgan fingerprint density at radius 3 is 2.06 bits per heavy atom. The molecule has 100 valence electrons. The van der Waals surface area contributed by atoms with Crippen LogP contribution in [-0.4, -0.2) is 12.2 Å². The summed E-state index contributed by atoms with van der Waals surface area (Å²) < 4.78 is 38.5. The summed E-state index contributed by atoms with van der Waals surface area (Å²) in [6.07, 6.45) is -2.39. The molecule has 0 aromatic heterocycles. The lowest BCUT2D eigenvalue weighted by Crippen LogP contribution is -2.32. The normalized spacial score (nSPS) is 24.9. The minimum atomic E-state index is -4.03. The van der Waals surface area contributed by atoms with Gasteiger partial charge in [-0.3, -0.25) is 0 Å². The number of alkyl halides is 3. The summed E-state index contributed by atoms with van der Waals surface area (Å²) in [7, 11) is 0. The van der Waals surface area contributed by atoms with E-state index in [-0.39, 0.29) is 18.9 Å². The Bertz CT molecular complexity index is 380. The van der Waals surface area contributed by atoms with Gasteiger partial charge in [-0.15, -0.1) is 0 Å². The summed E-state index contributed by atoms with van der Waals surface area (Å²) in [6, 6.07) is 7.86. The third-order valence-corrected chi connectivity index (χ3v) is 3.93. The molecule has 0 radical (unpaired) electrons. The lowest BCUT2D eigenvalue weighted by molar-refractivity contribution is -0.182. The van der Waals surface area contributed by atoms with Crippen molar-refractivity contribution in [3.8, 4) is 0 Å². The quantitative estimate of drug-likeness (QED) is 0.809. The van der Waals surface area contributed by atoms with Crippen molar-refractivity contribution in [3.05, 3.63) is 28.7 Å².